The van der Waals surface area contributed by atoms with E-state index in [2.05, 4.69) is 22.9 Å². The highest BCUT2D eigenvalue weighted by atomic mass is 32.1. The number of amidine groups is 1. The fraction of sp³-hybridized carbons (Fsp3) is 0.857. The molecule has 0 aliphatic carbocycles. The summed E-state index contributed by atoms with van der Waals surface area (Å²) in [6.07, 6.45) is 3.68. The molecule has 0 aromatic heterocycles. The minimum Gasteiger partial charge on any atom is -0.373 e. The zero-order valence-corrected chi connectivity index (χ0v) is 7.03. The molecule has 0 atom stereocenters. The van der Waals surface area contributed by atoms with Gasteiger partial charge in [0.1, 0.15) is 0 Å². The van der Waals surface area contributed by atoms with Crippen molar-refractivity contribution in [3.05, 3.63) is 0 Å². The minimum absolute atomic E-state index is 0.888. The number of rotatable bonds is 2. The van der Waals surface area contributed by atoms with Gasteiger partial charge in [-0.15, -0.1) is 0 Å². The topological polar surface area (TPSA) is 24.4 Å². The van der Waals surface area contributed by atoms with Gasteiger partial charge in [0.25, 0.3) is 0 Å². The zero-order chi connectivity index (χ0) is 7.23. The molecule has 1 aliphatic rings. The Kier molecular flexibility index (Phi) is 3.65. The van der Waals surface area contributed by atoms with Crippen LogP contribution in [0.25, 0.3) is 0 Å². The molecule has 1 rings (SSSR count). The summed E-state index contributed by atoms with van der Waals surface area (Å²) in [6, 6.07) is 0. The van der Waals surface area contributed by atoms with Crippen molar-refractivity contribution < 1.29 is 0 Å². The van der Waals surface area contributed by atoms with Crippen molar-refractivity contribution in [1.29, 1.82) is 0 Å². The van der Waals surface area contributed by atoms with E-state index in [-0.39, 0.29) is 0 Å². The third-order valence-electron chi connectivity index (χ3n) is 1.57. The Labute approximate surface area is 67.5 Å². The van der Waals surface area contributed by atoms with E-state index in [1.165, 1.54) is 18.7 Å². The maximum Gasteiger partial charge on any atom is 0.0963 e. The molecule has 0 unspecified atom stereocenters. The van der Waals surface area contributed by atoms with E-state index in [0.717, 1.165) is 25.3 Å². The van der Waals surface area contributed by atoms with E-state index < -0.39 is 0 Å². The Hall–Kier alpha value is -0.180. The van der Waals surface area contributed by atoms with E-state index in [9.17, 15) is 0 Å². The first-order valence-electron chi connectivity index (χ1n) is 3.81. The van der Waals surface area contributed by atoms with Gasteiger partial charge < -0.3 is 5.32 Å². The van der Waals surface area contributed by atoms with Crippen molar-refractivity contribution in [2.75, 3.05) is 18.8 Å². The molecule has 1 aliphatic heterocycles. The van der Waals surface area contributed by atoms with E-state index >= 15 is 0 Å². The predicted molar refractivity (Wildman–Crippen MR) is 48.0 cm³/mol. The molecule has 0 fully saturated rings. The molecule has 3 heteroatoms. The number of hydrogen-bond donors (Lipinski definition) is 2. The monoisotopic (exact) mass is 158 g/mol. The van der Waals surface area contributed by atoms with Gasteiger partial charge >= 0.3 is 0 Å². The SMILES string of the molecule is SCCNC1=NCCCC1. The lowest BCUT2D eigenvalue weighted by Crippen LogP contribution is -2.27. The van der Waals surface area contributed by atoms with Gasteiger partial charge in [-0.3, -0.25) is 4.99 Å². The average Bonchev–Trinajstić information content (AvgIpc) is 2.03. The molecule has 0 amide bonds. The summed E-state index contributed by atoms with van der Waals surface area (Å²) in [5.41, 5.74) is 0. The number of aliphatic imine (C=N–C) groups is 1. The second kappa shape index (κ2) is 4.61. The Morgan fingerprint density at radius 3 is 3.00 bits per heavy atom. The summed E-state index contributed by atoms with van der Waals surface area (Å²) in [5, 5.41) is 3.24. The normalized spacial score (nSPS) is 18.3. The highest BCUT2D eigenvalue weighted by Gasteiger charge is 2.02. The first-order chi connectivity index (χ1) is 4.93. The van der Waals surface area contributed by atoms with Gasteiger partial charge in [0.2, 0.25) is 0 Å². The zero-order valence-electron chi connectivity index (χ0n) is 6.14. The molecule has 1 N–H and O–H groups in total. The second-order valence-electron chi connectivity index (χ2n) is 2.44. The standard InChI is InChI=1S/C7H14N2S/c10-6-5-9-7-3-1-2-4-8-7/h10H,1-6H2,(H,8,9). The first-order valence-corrected chi connectivity index (χ1v) is 4.45. The van der Waals surface area contributed by atoms with Crippen LogP contribution in [0.4, 0.5) is 0 Å². The molecule has 0 aromatic rings. The lowest BCUT2D eigenvalue weighted by molar-refractivity contribution is 0.712. The third kappa shape index (κ3) is 2.60. The van der Waals surface area contributed by atoms with Crippen LogP contribution in [-0.4, -0.2) is 24.7 Å². The molecule has 10 heavy (non-hydrogen) atoms. The molecule has 1 heterocycles. The maximum atomic E-state index is 4.34. The Balaban J connectivity index is 2.18. The van der Waals surface area contributed by atoms with Crippen LogP contribution in [-0.2, 0) is 0 Å². The molecule has 0 saturated heterocycles. The molecule has 0 spiro atoms. The van der Waals surface area contributed by atoms with Crippen LogP contribution in [0.3, 0.4) is 0 Å². The van der Waals surface area contributed by atoms with Gasteiger partial charge in [-0.05, 0) is 12.8 Å². The van der Waals surface area contributed by atoms with Gasteiger partial charge in [-0.25, -0.2) is 0 Å². The number of thiol groups is 1. The maximum absolute atomic E-state index is 4.34. The van der Waals surface area contributed by atoms with Crippen LogP contribution in [0.2, 0.25) is 0 Å². The summed E-state index contributed by atoms with van der Waals surface area (Å²) in [4.78, 5) is 4.34. The van der Waals surface area contributed by atoms with Crippen molar-refractivity contribution in [3.8, 4) is 0 Å². The fourth-order valence-corrected chi connectivity index (χ4v) is 1.15. The molecular weight excluding hydrogens is 144 g/mol. The Bertz CT molecular complexity index is 123. The van der Waals surface area contributed by atoms with Gasteiger partial charge in [0.05, 0.1) is 5.84 Å². The van der Waals surface area contributed by atoms with Crippen LogP contribution in [0.1, 0.15) is 19.3 Å². The molecule has 0 aromatic carbocycles. The van der Waals surface area contributed by atoms with Gasteiger partial charge in [-0.1, -0.05) is 0 Å². The summed E-state index contributed by atoms with van der Waals surface area (Å²) >= 11 is 4.10. The predicted octanol–water partition coefficient (Wildman–Crippen LogP) is 1.09. The summed E-state index contributed by atoms with van der Waals surface area (Å²) in [7, 11) is 0. The van der Waals surface area contributed by atoms with E-state index in [1.807, 2.05) is 0 Å². The minimum atomic E-state index is 0.888. The average molecular weight is 158 g/mol. The van der Waals surface area contributed by atoms with Gasteiger partial charge in [0, 0.05) is 25.3 Å². The van der Waals surface area contributed by atoms with Crippen LogP contribution < -0.4 is 5.32 Å². The summed E-state index contributed by atoms with van der Waals surface area (Å²) in [6.45, 7) is 1.96. The van der Waals surface area contributed by atoms with Crippen LogP contribution in [0, 0.1) is 0 Å². The second-order valence-corrected chi connectivity index (χ2v) is 2.88. The van der Waals surface area contributed by atoms with E-state index in [1.54, 1.807) is 0 Å². The number of hydrogen-bond acceptors (Lipinski definition) is 3. The summed E-state index contributed by atoms with van der Waals surface area (Å²) in [5.74, 6) is 2.07. The highest BCUT2D eigenvalue weighted by Crippen LogP contribution is 2.03. The van der Waals surface area contributed by atoms with Crippen molar-refractivity contribution in [3.63, 3.8) is 0 Å². The third-order valence-corrected chi connectivity index (χ3v) is 1.79. The molecule has 0 bridgehead atoms. The van der Waals surface area contributed by atoms with Crippen molar-refractivity contribution in [2.24, 2.45) is 4.99 Å². The molecule has 0 radical (unpaired) electrons. The lowest BCUT2D eigenvalue weighted by atomic mass is 10.2. The van der Waals surface area contributed by atoms with E-state index in [0.29, 0.717) is 0 Å². The Morgan fingerprint density at radius 1 is 1.50 bits per heavy atom. The van der Waals surface area contributed by atoms with Crippen molar-refractivity contribution in [2.45, 2.75) is 19.3 Å². The summed E-state index contributed by atoms with van der Waals surface area (Å²) < 4.78 is 0. The van der Waals surface area contributed by atoms with E-state index in [4.69, 9.17) is 0 Å². The van der Waals surface area contributed by atoms with Crippen molar-refractivity contribution in [1.82, 2.24) is 5.32 Å². The molecular formula is C7H14N2S. The van der Waals surface area contributed by atoms with Gasteiger partial charge in [-0.2, -0.15) is 12.6 Å². The lowest BCUT2D eigenvalue weighted by Gasteiger charge is -2.12. The highest BCUT2D eigenvalue weighted by molar-refractivity contribution is 7.80. The van der Waals surface area contributed by atoms with Gasteiger partial charge in [0.15, 0.2) is 0 Å². The van der Waals surface area contributed by atoms with Crippen LogP contribution >= 0.6 is 12.6 Å². The number of nitrogens with one attached hydrogen (secondary N) is 1. The number of nitrogens with zero attached hydrogens (tertiary/aromatic N) is 1. The van der Waals surface area contributed by atoms with Crippen molar-refractivity contribution >= 4 is 18.5 Å². The smallest absolute Gasteiger partial charge is 0.0963 e. The quantitative estimate of drug-likeness (QED) is 0.578. The van der Waals surface area contributed by atoms with Crippen LogP contribution in [0.5, 0.6) is 0 Å². The fourth-order valence-electron chi connectivity index (χ4n) is 1.04. The molecule has 2 nitrogen and oxygen atoms in total. The van der Waals surface area contributed by atoms with Crippen LogP contribution in [0.15, 0.2) is 4.99 Å². The molecule has 0 saturated carbocycles. The first kappa shape index (κ1) is 7.92. The largest absolute Gasteiger partial charge is 0.373 e. The molecule has 58 valence electrons. The Morgan fingerprint density at radius 2 is 2.40 bits per heavy atom.